The Kier molecular flexibility index (Phi) is 10.9. The average molecular weight is 531 g/mol. The molecule has 5 nitrogen and oxygen atoms in total. The van der Waals surface area contributed by atoms with E-state index in [9.17, 15) is 0 Å². The summed E-state index contributed by atoms with van der Waals surface area (Å²) < 4.78 is 11.3. The number of methoxy groups -OCH3 is 1. The van der Waals surface area contributed by atoms with Crippen LogP contribution in [0.3, 0.4) is 0 Å². The molecule has 0 aliphatic rings. The fourth-order valence-electron chi connectivity index (χ4n) is 3.15. The van der Waals surface area contributed by atoms with Crippen LogP contribution in [0.4, 0.5) is 0 Å². The summed E-state index contributed by atoms with van der Waals surface area (Å²) in [5.41, 5.74) is 4.61. The van der Waals surface area contributed by atoms with Crippen molar-refractivity contribution < 1.29 is 9.47 Å². The van der Waals surface area contributed by atoms with E-state index in [0.717, 1.165) is 17.3 Å². The standard InChI is InChI=1S/C25H29N3O2.HI/c1-26-25(28-17-22-13-8-9-15-24(22)29-2)27-16-21-12-6-7-14-23(21)19-30-18-20-10-4-3-5-11-20;/h3-15H,16-19H2,1-2H3,(H2,26,27,28);1H. The van der Waals surface area contributed by atoms with E-state index in [4.69, 9.17) is 9.47 Å². The van der Waals surface area contributed by atoms with Crippen LogP contribution in [-0.4, -0.2) is 20.1 Å². The molecule has 0 aromatic heterocycles. The van der Waals surface area contributed by atoms with Crippen molar-refractivity contribution in [2.75, 3.05) is 14.2 Å². The van der Waals surface area contributed by atoms with Gasteiger partial charge in [0.2, 0.25) is 0 Å². The van der Waals surface area contributed by atoms with E-state index in [0.29, 0.717) is 26.3 Å². The van der Waals surface area contributed by atoms with Gasteiger partial charge < -0.3 is 20.1 Å². The second kappa shape index (κ2) is 13.7. The summed E-state index contributed by atoms with van der Waals surface area (Å²) in [7, 11) is 3.45. The second-order valence-corrected chi connectivity index (χ2v) is 6.84. The molecular formula is C25H30IN3O2. The Morgan fingerprint density at radius 2 is 1.32 bits per heavy atom. The van der Waals surface area contributed by atoms with Gasteiger partial charge in [-0.3, -0.25) is 4.99 Å². The van der Waals surface area contributed by atoms with Gasteiger partial charge >= 0.3 is 0 Å². The normalized spacial score (nSPS) is 10.8. The Bertz CT molecular complexity index is 948. The topological polar surface area (TPSA) is 54.9 Å². The SMILES string of the molecule is CN=C(NCc1ccccc1COCc1ccccc1)NCc1ccccc1OC.I. The van der Waals surface area contributed by atoms with Gasteiger partial charge in [0, 0.05) is 25.7 Å². The van der Waals surface area contributed by atoms with Gasteiger partial charge in [-0.1, -0.05) is 72.8 Å². The summed E-state index contributed by atoms with van der Waals surface area (Å²) in [5.74, 6) is 1.60. The van der Waals surface area contributed by atoms with Crippen molar-refractivity contribution in [2.24, 2.45) is 4.99 Å². The molecule has 0 bridgehead atoms. The van der Waals surface area contributed by atoms with Crippen molar-refractivity contribution in [3.05, 3.63) is 101 Å². The maximum absolute atomic E-state index is 5.92. The third-order valence-corrected chi connectivity index (χ3v) is 4.80. The largest absolute Gasteiger partial charge is 0.496 e. The lowest BCUT2D eigenvalue weighted by molar-refractivity contribution is 0.106. The molecule has 2 N–H and O–H groups in total. The highest BCUT2D eigenvalue weighted by Crippen LogP contribution is 2.16. The molecule has 3 aromatic rings. The van der Waals surface area contributed by atoms with Crippen molar-refractivity contribution in [3.8, 4) is 5.75 Å². The van der Waals surface area contributed by atoms with Gasteiger partial charge in [0.1, 0.15) is 5.75 Å². The molecule has 0 aliphatic carbocycles. The first-order chi connectivity index (χ1) is 14.8. The average Bonchev–Trinajstić information content (AvgIpc) is 2.81. The number of hydrogen-bond donors (Lipinski definition) is 2. The molecule has 6 heteroatoms. The van der Waals surface area contributed by atoms with Crippen molar-refractivity contribution in [2.45, 2.75) is 26.3 Å². The summed E-state index contributed by atoms with van der Waals surface area (Å²) in [6, 6.07) is 26.5. The molecule has 0 saturated heterocycles. The molecule has 0 fully saturated rings. The van der Waals surface area contributed by atoms with E-state index >= 15 is 0 Å². The molecule has 0 saturated carbocycles. The third-order valence-electron chi connectivity index (χ3n) is 4.80. The van der Waals surface area contributed by atoms with Crippen molar-refractivity contribution in [1.29, 1.82) is 0 Å². The van der Waals surface area contributed by atoms with Crippen LogP contribution >= 0.6 is 24.0 Å². The van der Waals surface area contributed by atoms with Crippen molar-refractivity contribution in [3.63, 3.8) is 0 Å². The number of para-hydroxylation sites is 1. The van der Waals surface area contributed by atoms with E-state index in [-0.39, 0.29) is 24.0 Å². The van der Waals surface area contributed by atoms with Crippen LogP contribution in [0.2, 0.25) is 0 Å². The summed E-state index contributed by atoms with van der Waals surface area (Å²) >= 11 is 0. The zero-order chi connectivity index (χ0) is 21.0. The molecule has 0 unspecified atom stereocenters. The molecule has 0 radical (unpaired) electrons. The number of halogens is 1. The molecule has 3 aromatic carbocycles. The third kappa shape index (κ3) is 7.88. The number of hydrogen-bond acceptors (Lipinski definition) is 3. The van der Waals surface area contributed by atoms with Gasteiger partial charge in [0.05, 0.1) is 20.3 Å². The van der Waals surface area contributed by atoms with Crippen LogP contribution < -0.4 is 15.4 Å². The fraction of sp³-hybridized carbons (Fsp3) is 0.240. The maximum atomic E-state index is 5.92. The predicted molar refractivity (Wildman–Crippen MR) is 137 cm³/mol. The quantitative estimate of drug-likeness (QED) is 0.235. The van der Waals surface area contributed by atoms with Crippen LogP contribution in [0.15, 0.2) is 83.9 Å². The Balaban J connectivity index is 0.00000341. The molecule has 0 heterocycles. The first kappa shape index (κ1) is 24.7. The van der Waals surface area contributed by atoms with E-state index < -0.39 is 0 Å². The second-order valence-electron chi connectivity index (χ2n) is 6.84. The van der Waals surface area contributed by atoms with Gasteiger partial charge in [-0.15, -0.1) is 24.0 Å². The minimum atomic E-state index is 0. The van der Waals surface area contributed by atoms with Gasteiger partial charge in [-0.2, -0.15) is 0 Å². The monoisotopic (exact) mass is 531 g/mol. The molecule has 0 aliphatic heterocycles. The smallest absolute Gasteiger partial charge is 0.191 e. The predicted octanol–water partition coefficient (Wildman–Crippen LogP) is 4.90. The molecule has 0 atom stereocenters. The number of nitrogens with zero attached hydrogens (tertiary/aromatic N) is 1. The summed E-state index contributed by atoms with van der Waals surface area (Å²) in [5, 5.41) is 6.73. The molecule has 0 spiro atoms. The highest BCUT2D eigenvalue weighted by Gasteiger charge is 2.06. The highest BCUT2D eigenvalue weighted by molar-refractivity contribution is 14.0. The van der Waals surface area contributed by atoms with E-state index in [1.807, 2.05) is 54.6 Å². The number of rotatable bonds is 9. The van der Waals surface area contributed by atoms with Crippen LogP contribution in [0.5, 0.6) is 5.75 Å². The number of aliphatic imine (C=N–C) groups is 1. The minimum absolute atomic E-state index is 0. The Hall–Kier alpha value is -2.58. The van der Waals surface area contributed by atoms with E-state index in [2.05, 4.69) is 39.9 Å². The number of nitrogens with one attached hydrogen (secondary N) is 2. The zero-order valence-electron chi connectivity index (χ0n) is 18.0. The lowest BCUT2D eigenvalue weighted by Crippen LogP contribution is -2.36. The summed E-state index contributed by atoms with van der Waals surface area (Å²) in [6.45, 7) is 2.46. The van der Waals surface area contributed by atoms with Gasteiger partial charge in [0.15, 0.2) is 5.96 Å². The van der Waals surface area contributed by atoms with E-state index in [1.54, 1.807) is 14.2 Å². The van der Waals surface area contributed by atoms with Crippen molar-refractivity contribution in [1.82, 2.24) is 10.6 Å². The molecule has 31 heavy (non-hydrogen) atoms. The number of ether oxygens (including phenoxy) is 2. The lowest BCUT2D eigenvalue weighted by atomic mass is 10.1. The Morgan fingerprint density at radius 3 is 2.00 bits per heavy atom. The number of benzene rings is 3. The van der Waals surface area contributed by atoms with Crippen LogP contribution in [0.25, 0.3) is 0 Å². The van der Waals surface area contributed by atoms with Gasteiger partial charge in [-0.05, 0) is 22.8 Å². The molecule has 0 amide bonds. The zero-order valence-corrected chi connectivity index (χ0v) is 20.3. The molecular weight excluding hydrogens is 501 g/mol. The van der Waals surface area contributed by atoms with E-state index in [1.165, 1.54) is 16.7 Å². The minimum Gasteiger partial charge on any atom is -0.496 e. The lowest BCUT2D eigenvalue weighted by Gasteiger charge is -2.15. The van der Waals surface area contributed by atoms with Crippen LogP contribution in [-0.2, 0) is 31.0 Å². The fourth-order valence-corrected chi connectivity index (χ4v) is 3.15. The molecule has 3 rings (SSSR count). The summed E-state index contributed by atoms with van der Waals surface area (Å²) in [4.78, 5) is 4.33. The molecule has 164 valence electrons. The maximum Gasteiger partial charge on any atom is 0.191 e. The van der Waals surface area contributed by atoms with Gasteiger partial charge in [0.25, 0.3) is 0 Å². The first-order valence-corrected chi connectivity index (χ1v) is 10.0. The first-order valence-electron chi connectivity index (χ1n) is 10.0. The Morgan fingerprint density at radius 1 is 0.742 bits per heavy atom. The Labute approximate surface area is 201 Å². The van der Waals surface area contributed by atoms with Crippen LogP contribution in [0, 0.1) is 0 Å². The number of guanidine groups is 1. The van der Waals surface area contributed by atoms with Crippen molar-refractivity contribution >= 4 is 29.9 Å². The summed E-state index contributed by atoms with van der Waals surface area (Å²) in [6.07, 6.45) is 0. The highest BCUT2D eigenvalue weighted by atomic mass is 127. The van der Waals surface area contributed by atoms with Crippen LogP contribution in [0.1, 0.15) is 22.3 Å². The van der Waals surface area contributed by atoms with Gasteiger partial charge in [-0.25, -0.2) is 0 Å².